The van der Waals surface area contributed by atoms with E-state index in [9.17, 15) is 9.59 Å². The van der Waals surface area contributed by atoms with Crippen LogP contribution in [0.2, 0.25) is 0 Å². The molecule has 0 aliphatic carbocycles. The fraction of sp³-hybridized carbons (Fsp3) is 0.263. The highest BCUT2D eigenvalue weighted by Crippen LogP contribution is 2.34. The maximum atomic E-state index is 12.2. The van der Waals surface area contributed by atoms with Crippen LogP contribution in [0.4, 0.5) is 11.4 Å². The van der Waals surface area contributed by atoms with Gasteiger partial charge in [0.15, 0.2) is 6.61 Å². The Morgan fingerprint density at radius 2 is 2.12 bits per heavy atom. The Labute approximate surface area is 146 Å². The molecule has 0 radical (unpaired) electrons. The predicted octanol–water partition coefficient (Wildman–Crippen LogP) is 2.76. The van der Waals surface area contributed by atoms with Gasteiger partial charge in [0, 0.05) is 12.6 Å². The zero-order valence-electron chi connectivity index (χ0n) is 14.2. The summed E-state index contributed by atoms with van der Waals surface area (Å²) in [6.07, 6.45) is 0. The Morgan fingerprint density at radius 1 is 1.28 bits per heavy atom. The van der Waals surface area contributed by atoms with E-state index in [1.54, 1.807) is 23.1 Å². The molecule has 0 unspecified atom stereocenters. The molecule has 0 bridgehead atoms. The first kappa shape index (κ1) is 16.8. The number of hydrogen-bond acceptors (Lipinski definition) is 4. The second kappa shape index (κ2) is 7.25. The van der Waals surface area contributed by atoms with E-state index in [-0.39, 0.29) is 18.4 Å². The third kappa shape index (κ3) is 4.09. The summed E-state index contributed by atoms with van der Waals surface area (Å²) in [5, 5.41) is 2.71. The van der Waals surface area contributed by atoms with E-state index in [1.807, 2.05) is 31.2 Å². The van der Waals surface area contributed by atoms with E-state index >= 15 is 0 Å². The van der Waals surface area contributed by atoms with E-state index in [1.165, 1.54) is 6.92 Å². The number of hydrogen-bond donors (Lipinski definition) is 1. The minimum atomic E-state index is -0.169. The standard InChI is InChI=1S/C19H20N2O4/c1-13-4-3-5-16(10-13)24-9-8-21-17-11-15(20-14(2)22)6-7-18(17)25-12-19(21)23/h3-7,10-11H,8-9,12H2,1-2H3,(H,20,22). The van der Waals surface area contributed by atoms with Gasteiger partial charge in [-0.25, -0.2) is 0 Å². The van der Waals surface area contributed by atoms with Gasteiger partial charge < -0.3 is 19.7 Å². The number of aryl methyl sites for hydroxylation is 1. The third-order valence-electron chi connectivity index (χ3n) is 3.80. The number of anilines is 2. The summed E-state index contributed by atoms with van der Waals surface area (Å²) in [5.74, 6) is 1.08. The van der Waals surface area contributed by atoms with Crippen LogP contribution in [0.25, 0.3) is 0 Å². The lowest BCUT2D eigenvalue weighted by Crippen LogP contribution is -2.41. The number of amides is 2. The van der Waals surface area contributed by atoms with Crippen molar-refractivity contribution in [1.29, 1.82) is 0 Å². The lowest BCUT2D eigenvalue weighted by Gasteiger charge is -2.29. The topological polar surface area (TPSA) is 67.9 Å². The minimum Gasteiger partial charge on any atom is -0.492 e. The molecule has 2 aromatic rings. The SMILES string of the molecule is CC(=O)Nc1ccc2c(c1)N(CCOc1cccc(C)c1)C(=O)CO2. The summed E-state index contributed by atoms with van der Waals surface area (Å²) in [7, 11) is 0. The van der Waals surface area contributed by atoms with Crippen LogP contribution in [0.15, 0.2) is 42.5 Å². The van der Waals surface area contributed by atoms with Crippen LogP contribution in [0.1, 0.15) is 12.5 Å². The quantitative estimate of drug-likeness (QED) is 0.909. The van der Waals surface area contributed by atoms with Gasteiger partial charge in [-0.15, -0.1) is 0 Å². The predicted molar refractivity (Wildman–Crippen MR) is 95.3 cm³/mol. The number of benzene rings is 2. The normalized spacial score (nSPS) is 13.0. The van der Waals surface area contributed by atoms with Crippen molar-refractivity contribution in [1.82, 2.24) is 0 Å². The van der Waals surface area contributed by atoms with Gasteiger partial charge in [-0.3, -0.25) is 9.59 Å². The van der Waals surface area contributed by atoms with E-state index in [0.29, 0.717) is 30.3 Å². The van der Waals surface area contributed by atoms with Crippen molar-refractivity contribution in [2.45, 2.75) is 13.8 Å². The van der Waals surface area contributed by atoms with Gasteiger partial charge >= 0.3 is 0 Å². The summed E-state index contributed by atoms with van der Waals surface area (Å²) in [6.45, 7) is 4.19. The molecule has 6 nitrogen and oxygen atoms in total. The smallest absolute Gasteiger partial charge is 0.265 e. The molecular weight excluding hydrogens is 320 g/mol. The summed E-state index contributed by atoms with van der Waals surface area (Å²) >= 11 is 0. The first-order valence-electron chi connectivity index (χ1n) is 8.07. The average Bonchev–Trinajstić information content (AvgIpc) is 2.56. The third-order valence-corrected chi connectivity index (χ3v) is 3.80. The van der Waals surface area contributed by atoms with Gasteiger partial charge in [0.1, 0.15) is 18.1 Å². The molecule has 1 heterocycles. The van der Waals surface area contributed by atoms with Crippen LogP contribution in [-0.4, -0.2) is 31.6 Å². The number of carbonyl (C=O) groups excluding carboxylic acids is 2. The molecule has 1 aliphatic rings. The molecule has 6 heteroatoms. The van der Waals surface area contributed by atoms with E-state index < -0.39 is 0 Å². The first-order chi connectivity index (χ1) is 12.0. The molecule has 0 saturated heterocycles. The highest BCUT2D eigenvalue weighted by molar-refractivity contribution is 5.99. The fourth-order valence-electron chi connectivity index (χ4n) is 2.69. The molecule has 0 aromatic heterocycles. The van der Waals surface area contributed by atoms with Crippen molar-refractivity contribution in [2.24, 2.45) is 0 Å². The van der Waals surface area contributed by atoms with Gasteiger partial charge in [-0.1, -0.05) is 12.1 Å². The molecule has 0 saturated carbocycles. The van der Waals surface area contributed by atoms with Gasteiger partial charge in [0.2, 0.25) is 5.91 Å². The molecule has 0 atom stereocenters. The van der Waals surface area contributed by atoms with Crippen molar-refractivity contribution in [3.05, 3.63) is 48.0 Å². The molecule has 25 heavy (non-hydrogen) atoms. The molecule has 130 valence electrons. The molecule has 3 rings (SSSR count). The van der Waals surface area contributed by atoms with Crippen LogP contribution in [-0.2, 0) is 9.59 Å². The summed E-state index contributed by atoms with van der Waals surface area (Å²) in [5.41, 5.74) is 2.37. The Morgan fingerprint density at radius 3 is 2.88 bits per heavy atom. The zero-order valence-corrected chi connectivity index (χ0v) is 14.2. The summed E-state index contributed by atoms with van der Waals surface area (Å²) in [6, 6.07) is 13.0. The summed E-state index contributed by atoms with van der Waals surface area (Å²) < 4.78 is 11.2. The first-order valence-corrected chi connectivity index (χ1v) is 8.07. The van der Waals surface area contributed by atoms with Crippen LogP contribution in [0.5, 0.6) is 11.5 Å². The molecule has 2 aromatic carbocycles. The van der Waals surface area contributed by atoms with Crippen LogP contribution >= 0.6 is 0 Å². The lowest BCUT2D eigenvalue weighted by atomic mass is 10.2. The van der Waals surface area contributed by atoms with Gasteiger partial charge in [-0.05, 0) is 42.8 Å². The van der Waals surface area contributed by atoms with Crippen molar-refractivity contribution < 1.29 is 19.1 Å². The Balaban J connectivity index is 1.72. The number of carbonyl (C=O) groups is 2. The fourth-order valence-corrected chi connectivity index (χ4v) is 2.69. The average molecular weight is 340 g/mol. The Bertz CT molecular complexity index is 804. The van der Waals surface area contributed by atoms with Gasteiger partial charge in [-0.2, -0.15) is 0 Å². The zero-order chi connectivity index (χ0) is 17.8. The molecular formula is C19H20N2O4. The summed E-state index contributed by atoms with van der Waals surface area (Å²) in [4.78, 5) is 25.1. The van der Waals surface area contributed by atoms with Gasteiger partial charge in [0.25, 0.3) is 5.91 Å². The number of nitrogens with zero attached hydrogens (tertiary/aromatic N) is 1. The van der Waals surface area contributed by atoms with Crippen molar-refractivity contribution >= 4 is 23.2 Å². The second-order valence-electron chi connectivity index (χ2n) is 5.86. The second-order valence-corrected chi connectivity index (χ2v) is 5.86. The molecule has 1 N–H and O–H groups in total. The number of ether oxygens (including phenoxy) is 2. The highest BCUT2D eigenvalue weighted by Gasteiger charge is 2.25. The Hall–Kier alpha value is -3.02. The maximum Gasteiger partial charge on any atom is 0.265 e. The molecule has 1 aliphatic heterocycles. The monoisotopic (exact) mass is 340 g/mol. The van der Waals surface area contributed by atoms with E-state index in [0.717, 1.165) is 11.3 Å². The van der Waals surface area contributed by atoms with Gasteiger partial charge in [0.05, 0.1) is 12.2 Å². The van der Waals surface area contributed by atoms with Crippen molar-refractivity contribution in [2.75, 3.05) is 30.0 Å². The largest absolute Gasteiger partial charge is 0.492 e. The van der Waals surface area contributed by atoms with Crippen LogP contribution < -0.4 is 19.7 Å². The van der Waals surface area contributed by atoms with Crippen molar-refractivity contribution in [3.63, 3.8) is 0 Å². The maximum absolute atomic E-state index is 12.2. The van der Waals surface area contributed by atoms with Crippen LogP contribution in [0.3, 0.4) is 0 Å². The Kier molecular flexibility index (Phi) is 4.88. The van der Waals surface area contributed by atoms with E-state index in [2.05, 4.69) is 5.32 Å². The molecule has 2 amide bonds. The lowest BCUT2D eigenvalue weighted by molar-refractivity contribution is -0.121. The van der Waals surface area contributed by atoms with E-state index in [4.69, 9.17) is 9.47 Å². The molecule has 0 fully saturated rings. The van der Waals surface area contributed by atoms with Crippen LogP contribution in [0, 0.1) is 6.92 Å². The highest BCUT2D eigenvalue weighted by atomic mass is 16.5. The number of rotatable bonds is 5. The number of fused-ring (bicyclic) bond motifs is 1. The van der Waals surface area contributed by atoms with Crippen molar-refractivity contribution in [3.8, 4) is 11.5 Å². The minimum absolute atomic E-state index is 0.00305. The number of nitrogens with one attached hydrogen (secondary N) is 1. The molecule has 0 spiro atoms.